The maximum absolute atomic E-state index is 12.2. The number of benzene rings is 1. The predicted molar refractivity (Wildman–Crippen MR) is 90.3 cm³/mol. The molecule has 0 radical (unpaired) electrons. The molecule has 0 saturated heterocycles. The van der Waals surface area contributed by atoms with E-state index in [4.69, 9.17) is 11.6 Å². The van der Waals surface area contributed by atoms with E-state index in [1.807, 2.05) is 5.38 Å². The van der Waals surface area contributed by atoms with Crippen molar-refractivity contribution >= 4 is 46.1 Å². The number of rotatable bonds is 4. The van der Waals surface area contributed by atoms with Gasteiger partial charge in [0.25, 0.3) is 11.8 Å². The third kappa shape index (κ3) is 3.58. The summed E-state index contributed by atoms with van der Waals surface area (Å²) in [6.45, 7) is 0. The molecule has 0 aliphatic heterocycles. The SMILES string of the molecule is O=C(Nc1cn[nH]c1)c1ccc(Cl)c(NC(=O)c2cccs2)c1. The van der Waals surface area contributed by atoms with Gasteiger partial charge in [-0.25, -0.2) is 0 Å². The zero-order chi connectivity index (χ0) is 16.2. The molecule has 6 nitrogen and oxygen atoms in total. The fraction of sp³-hybridized carbons (Fsp3) is 0. The summed E-state index contributed by atoms with van der Waals surface area (Å²) in [4.78, 5) is 24.8. The van der Waals surface area contributed by atoms with Crippen LogP contribution in [-0.2, 0) is 0 Å². The molecule has 8 heteroatoms. The third-order valence-corrected chi connectivity index (χ3v) is 4.18. The molecule has 3 aromatic rings. The van der Waals surface area contributed by atoms with Gasteiger partial charge in [-0.3, -0.25) is 14.7 Å². The molecule has 2 heterocycles. The molecule has 0 aliphatic rings. The number of H-pyrrole nitrogens is 1. The molecule has 23 heavy (non-hydrogen) atoms. The summed E-state index contributed by atoms with van der Waals surface area (Å²) in [6.07, 6.45) is 3.06. The molecule has 0 saturated carbocycles. The first kappa shape index (κ1) is 15.3. The average molecular weight is 347 g/mol. The molecule has 0 bridgehead atoms. The summed E-state index contributed by atoms with van der Waals surface area (Å²) in [5, 5.41) is 13.9. The molecule has 0 atom stereocenters. The Balaban J connectivity index is 1.78. The van der Waals surface area contributed by atoms with E-state index in [-0.39, 0.29) is 11.8 Å². The van der Waals surface area contributed by atoms with Crippen molar-refractivity contribution in [2.24, 2.45) is 0 Å². The highest BCUT2D eigenvalue weighted by Crippen LogP contribution is 2.24. The van der Waals surface area contributed by atoms with Gasteiger partial charge in [0.1, 0.15) is 0 Å². The van der Waals surface area contributed by atoms with Crippen molar-refractivity contribution in [2.75, 3.05) is 10.6 Å². The van der Waals surface area contributed by atoms with Crippen LogP contribution in [0.4, 0.5) is 11.4 Å². The Morgan fingerprint density at radius 2 is 2.04 bits per heavy atom. The Morgan fingerprint density at radius 3 is 2.74 bits per heavy atom. The standard InChI is InChI=1S/C15H11ClN4O2S/c16-11-4-3-9(14(21)19-10-7-17-18-8-10)6-12(11)20-15(22)13-2-1-5-23-13/h1-8H,(H,17,18)(H,19,21)(H,20,22). The molecule has 3 rings (SSSR count). The number of hydrogen-bond acceptors (Lipinski definition) is 4. The van der Waals surface area contributed by atoms with E-state index in [1.54, 1.807) is 30.5 Å². The van der Waals surface area contributed by atoms with Gasteiger partial charge in [-0.2, -0.15) is 5.10 Å². The second-order valence-corrected chi connectivity index (χ2v) is 5.92. The summed E-state index contributed by atoms with van der Waals surface area (Å²) < 4.78 is 0. The van der Waals surface area contributed by atoms with Crippen molar-refractivity contribution in [3.05, 3.63) is 63.6 Å². The predicted octanol–water partition coefficient (Wildman–Crippen LogP) is 3.63. The number of carbonyl (C=O) groups is 2. The van der Waals surface area contributed by atoms with Crippen LogP contribution in [0.1, 0.15) is 20.0 Å². The molecule has 0 fully saturated rings. The van der Waals surface area contributed by atoms with Crippen molar-refractivity contribution < 1.29 is 9.59 Å². The van der Waals surface area contributed by atoms with E-state index in [0.29, 0.717) is 26.8 Å². The van der Waals surface area contributed by atoms with Gasteiger partial charge in [-0.1, -0.05) is 17.7 Å². The lowest BCUT2D eigenvalue weighted by Gasteiger charge is -2.09. The van der Waals surface area contributed by atoms with Crippen molar-refractivity contribution in [1.82, 2.24) is 10.2 Å². The number of halogens is 1. The summed E-state index contributed by atoms with van der Waals surface area (Å²) in [7, 11) is 0. The van der Waals surface area contributed by atoms with Crippen LogP contribution in [0.5, 0.6) is 0 Å². The van der Waals surface area contributed by atoms with Crippen molar-refractivity contribution in [2.45, 2.75) is 0 Å². The first-order valence-corrected chi connectivity index (χ1v) is 7.84. The highest BCUT2D eigenvalue weighted by Gasteiger charge is 2.13. The van der Waals surface area contributed by atoms with E-state index < -0.39 is 0 Å². The fourth-order valence-electron chi connectivity index (χ4n) is 1.88. The number of anilines is 2. The molecule has 116 valence electrons. The van der Waals surface area contributed by atoms with Crippen LogP contribution in [0.25, 0.3) is 0 Å². The van der Waals surface area contributed by atoms with Crippen LogP contribution in [0.2, 0.25) is 5.02 Å². The molecule has 1 aromatic carbocycles. The highest BCUT2D eigenvalue weighted by atomic mass is 35.5. The van der Waals surface area contributed by atoms with E-state index in [9.17, 15) is 9.59 Å². The number of amides is 2. The fourth-order valence-corrected chi connectivity index (χ4v) is 2.66. The van der Waals surface area contributed by atoms with Crippen LogP contribution < -0.4 is 10.6 Å². The van der Waals surface area contributed by atoms with Gasteiger partial charge >= 0.3 is 0 Å². The van der Waals surface area contributed by atoms with E-state index in [0.717, 1.165) is 0 Å². The smallest absolute Gasteiger partial charge is 0.265 e. The lowest BCUT2D eigenvalue weighted by molar-refractivity contribution is 0.101. The first-order valence-electron chi connectivity index (χ1n) is 6.58. The van der Waals surface area contributed by atoms with E-state index in [2.05, 4.69) is 20.8 Å². The quantitative estimate of drug-likeness (QED) is 0.674. The summed E-state index contributed by atoms with van der Waals surface area (Å²) >= 11 is 7.42. The monoisotopic (exact) mass is 346 g/mol. The zero-order valence-electron chi connectivity index (χ0n) is 11.7. The molecule has 3 N–H and O–H groups in total. The largest absolute Gasteiger partial charge is 0.320 e. The number of hydrogen-bond donors (Lipinski definition) is 3. The minimum Gasteiger partial charge on any atom is -0.320 e. The minimum absolute atomic E-state index is 0.269. The van der Waals surface area contributed by atoms with Gasteiger partial charge in [0.2, 0.25) is 0 Å². The zero-order valence-corrected chi connectivity index (χ0v) is 13.2. The third-order valence-electron chi connectivity index (χ3n) is 2.98. The van der Waals surface area contributed by atoms with Gasteiger partial charge in [-0.15, -0.1) is 11.3 Å². The van der Waals surface area contributed by atoms with Gasteiger partial charge in [0.05, 0.1) is 27.5 Å². The number of nitrogens with zero attached hydrogens (tertiary/aromatic N) is 1. The minimum atomic E-state index is -0.324. The van der Waals surface area contributed by atoms with Crippen LogP contribution >= 0.6 is 22.9 Å². The van der Waals surface area contributed by atoms with Gasteiger partial charge < -0.3 is 10.6 Å². The van der Waals surface area contributed by atoms with E-state index >= 15 is 0 Å². The van der Waals surface area contributed by atoms with Crippen molar-refractivity contribution in [3.63, 3.8) is 0 Å². The Bertz CT molecular complexity index is 831. The molecular weight excluding hydrogens is 336 g/mol. The topological polar surface area (TPSA) is 86.9 Å². The van der Waals surface area contributed by atoms with Gasteiger partial charge in [0, 0.05) is 11.8 Å². The average Bonchev–Trinajstić information content (AvgIpc) is 3.22. The van der Waals surface area contributed by atoms with Gasteiger partial charge in [-0.05, 0) is 29.6 Å². The van der Waals surface area contributed by atoms with Crippen LogP contribution in [0, 0.1) is 0 Å². The maximum Gasteiger partial charge on any atom is 0.265 e. The van der Waals surface area contributed by atoms with Gasteiger partial charge in [0.15, 0.2) is 0 Å². The van der Waals surface area contributed by atoms with Crippen LogP contribution in [-0.4, -0.2) is 22.0 Å². The normalized spacial score (nSPS) is 10.3. The molecule has 0 unspecified atom stereocenters. The number of aromatic amines is 1. The van der Waals surface area contributed by atoms with Crippen molar-refractivity contribution in [3.8, 4) is 0 Å². The lowest BCUT2D eigenvalue weighted by atomic mass is 10.2. The number of thiophene rings is 1. The number of aromatic nitrogens is 2. The molecule has 2 amide bonds. The summed E-state index contributed by atoms with van der Waals surface area (Å²) in [6, 6.07) is 8.18. The molecule has 0 spiro atoms. The Morgan fingerprint density at radius 1 is 1.17 bits per heavy atom. The molecule has 0 aliphatic carbocycles. The first-order chi connectivity index (χ1) is 11.1. The number of carbonyl (C=O) groups excluding carboxylic acids is 2. The Hall–Kier alpha value is -2.64. The summed E-state index contributed by atoms with van der Waals surface area (Å²) in [5.74, 6) is -0.594. The van der Waals surface area contributed by atoms with E-state index in [1.165, 1.54) is 23.6 Å². The van der Waals surface area contributed by atoms with Crippen molar-refractivity contribution in [1.29, 1.82) is 0 Å². The molecule has 2 aromatic heterocycles. The molecular formula is C15H11ClN4O2S. The van der Waals surface area contributed by atoms with Crippen LogP contribution in [0.15, 0.2) is 48.1 Å². The highest BCUT2D eigenvalue weighted by molar-refractivity contribution is 7.12. The second-order valence-electron chi connectivity index (χ2n) is 4.57. The Labute approximate surface area is 140 Å². The van der Waals surface area contributed by atoms with Crippen LogP contribution in [0.3, 0.4) is 0 Å². The second kappa shape index (κ2) is 6.64. The maximum atomic E-state index is 12.2. The number of nitrogens with one attached hydrogen (secondary N) is 3. The Kier molecular flexibility index (Phi) is 4.40. The lowest BCUT2D eigenvalue weighted by Crippen LogP contribution is -2.14. The summed E-state index contributed by atoms with van der Waals surface area (Å²) in [5.41, 5.74) is 1.30.